The highest BCUT2D eigenvalue weighted by atomic mass is 35.5. The Balaban J connectivity index is 2.25. The quantitative estimate of drug-likeness (QED) is 0.758. The van der Waals surface area contributed by atoms with Gasteiger partial charge in [0.25, 0.3) is 0 Å². The van der Waals surface area contributed by atoms with Crippen molar-refractivity contribution in [3.63, 3.8) is 0 Å². The molecule has 0 aliphatic heterocycles. The van der Waals surface area contributed by atoms with Gasteiger partial charge in [0.1, 0.15) is 19.0 Å². The monoisotopic (exact) mass is 313 g/mol. The number of H-pyrrole nitrogens is 2. The van der Waals surface area contributed by atoms with Crippen LogP contribution in [0.4, 0.5) is 4.39 Å². The highest BCUT2D eigenvalue weighted by molar-refractivity contribution is 6.45. The lowest BCUT2D eigenvalue weighted by Gasteiger charge is -2.09. The van der Waals surface area contributed by atoms with Crippen LogP contribution in [0.1, 0.15) is 0 Å². The molecule has 0 atom stereocenters. The smallest absolute Gasteiger partial charge is 0.131 e. The van der Waals surface area contributed by atoms with Gasteiger partial charge in [-0.3, -0.25) is 5.10 Å². The Bertz CT molecular complexity index is 740. The largest absolute Gasteiger partial charge is 0.490 e. The van der Waals surface area contributed by atoms with E-state index in [4.69, 9.17) is 27.9 Å². The SMILES string of the molecule is FCCOc1cc(Cl)c(Cl)c2[nH]cc(-c3cn[nH]c3)c12. The maximum Gasteiger partial charge on any atom is 0.131 e. The summed E-state index contributed by atoms with van der Waals surface area (Å²) in [5.74, 6) is 0.490. The van der Waals surface area contributed by atoms with Crippen molar-refractivity contribution >= 4 is 34.1 Å². The molecule has 3 aromatic rings. The zero-order chi connectivity index (χ0) is 14.1. The molecule has 2 aromatic heterocycles. The van der Waals surface area contributed by atoms with Gasteiger partial charge >= 0.3 is 0 Å². The summed E-state index contributed by atoms with van der Waals surface area (Å²) in [4.78, 5) is 3.07. The Morgan fingerprint density at radius 2 is 2.15 bits per heavy atom. The number of alkyl halides is 1. The summed E-state index contributed by atoms with van der Waals surface area (Å²) in [6.45, 7) is -0.615. The third kappa shape index (κ3) is 2.13. The number of hydrogen-bond acceptors (Lipinski definition) is 2. The summed E-state index contributed by atoms with van der Waals surface area (Å²) in [6.07, 6.45) is 5.23. The molecule has 20 heavy (non-hydrogen) atoms. The van der Waals surface area contributed by atoms with Gasteiger partial charge in [-0.05, 0) is 0 Å². The fraction of sp³-hybridized carbons (Fsp3) is 0.154. The number of aromatic nitrogens is 3. The zero-order valence-corrected chi connectivity index (χ0v) is 11.7. The first kappa shape index (κ1) is 13.3. The maximum absolute atomic E-state index is 12.4. The van der Waals surface area contributed by atoms with Gasteiger partial charge in [-0.25, -0.2) is 4.39 Å². The lowest BCUT2D eigenvalue weighted by atomic mass is 10.1. The number of rotatable bonds is 4. The number of hydrogen-bond donors (Lipinski definition) is 2. The van der Waals surface area contributed by atoms with Gasteiger partial charge < -0.3 is 9.72 Å². The molecule has 0 unspecified atom stereocenters. The van der Waals surface area contributed by atoms with Gasteiger partial charge in [-0.15, -0.1) is 0 Å². The summed E-state index contributed by atoms with van der Waals surface area (Å²) >= 11 is 12.3. The van der Waals surface area contributed by atoms with E-state index in [1.165, 1.54) is 0 Å². The molecular formula is C13H10Cl2FN3O. The first-order chi connectivity index (χ1) is 9.72. The molecule has 0 radical (unpaired) electrons. The van der Waals surface area contributed by atoms with Gasteiger partial charge in [-0.2, -0.15) is 5.10 Å². The van der Waals surface area contributed by atoms with E-state index in [1.54, 1.807) is 24.7 Å². The minimum atomic E-state index is -0.576. The number of benzene rings is 1. The Morgan fingerprint density at radius 3 is 2.85 bits per heavy atom. The van der Waals surface area contributed by atoms with Crippen molar-refractivity contribution in [2.45, 2.75) is 0 Å². The van der Waals surface area contributed by atoms with E-state index in [-0.39, 0.29) is 6.61 Å². The van der Waals surface area contributed by atoms with Crippen molar-refractivity contribution in [1.29, 1.82) is 0 Å². The molecule has 3 rings (SSSR count). The van der Waals surface area contributed by atoms with Crippen LogP contribution in [0.2, 0.25) is 10.0 Å². The average molecular weight is 314 g/mol. The van der Waals surface area contributed by atoms with Crippen LogP contribution in [0, 0.1) is 0 Å². The van der Waals surface area contributed by atoms with E-state index in [2.05, 4.69) is 15.2 Å². The molecule has 0 saturated heterocycles. The van der Waals surface area contributed by atoms with Crippen LogP contribution in [0.3, 0.4) is 0 Å². The van der Waals surface area contributed by atoms with E-state index in [0.29, 0.717) is 21.3 Å². The Hall–Kier alpha value is -1.72. The normalized spacial score (nSPS) is 11.2. The van der Waals surface area contributed by atoms with Crippen LogP contribution in [0.15, 0.2) is 24.7 Å². The topological polar surface area (TPSA) is 53.7 Å². The molecule has 2 heterocycles. The molecule has 0 fully saturated rings. The van der Waals surface area contributed by atoms with Crippen molar-refractivity contribution < 1.29 is 9.13 Å². The number of aromatic amines is 2. The van der Waals surface area contributed by atoms with Gasteiger partial charge in [-0.1, -0.05) is 23.2 Å². The van der Waals surface area contributed by atoms with Crippen molar-refractivity contribution in [3.05, 3.63) is 34.7 Å². The molecule has 0 amide bonds. The molecule has 1 aromatic carbocycles. The molecule has 0 saturated carbocycles. The third-order valence-electron chi connectivity index (χ3n) is 2.96. The van der Waals surface area contributed by atoms with Crippen LogP contribution in [-0.2, 0) is 0 Å². The van der Waals surface area contributed by atoms with Gasteiger partial charge in [0.15, 0.2) is 0 Å². The summed E-state index contributed by atoms with van der Waals surface area (Å²) in [7, 11) is 0. The highest BCUT2D eigenvalue weighted by Crippen LogP contribution is 2.42. The van der Waals surface area contributed by atoms with E-state index in [0.717, 1.165) is 16.5 Å². The first-order valence-corrected chi connectivity index (χ1v) is 6.65. The average Bonchev–Trinajstić information content (AvgIpc) is 3.09. The van der Waals surface area contributed by atoms with Crippen molar-refractivity contribution in [2.24, 2.45) is 0 Å². The standard InChI is InChI=1S/C13H10Cl2FN3O/c14-9-3-10(20-2-1-16)11-8(7-4-18-19-5-7)6-17-13(11)12(9)15/h3-6,17H,1-2H2,(H,18,19). The number of nitrogens with one attached hydrogen (secondary N) is 2. The lowest BCUT2D eigenvalue weighted by Crippen LogP contribution is -1.99. The fourth-order valence-corrected chi connectivity index (χ4v) is 2.51. The van der Waals surface area contributed by atoms with Crippen molar-refractivity contribution in [2.75, 3.05) is 13.3 Å². The van der Waals surface area contributed by atoms with Gasteiger partial charge in [0.05, 0.1) is 27.1 Å². The lowest BCUT2D eigenvalue weighted by molar-refractivity contribution is 0.276. The zero-order valence-electron chi connectivity index (χ0n) is 10.2. The summed E-state index contributed by atoms with van der Waals surface area (Å²) in [6, 6.07) is 1.60. The fourth-order valence-electron chi connectivity index (χ4n) is 2.11. The van der Waals surface area contributed by atoms with E-state index in [9.17, 15) is 4.39 Å². The van der Waals surface area contributed by atoms with Crippen molar-refractivity contribution in [3.8, 4) is 16.9 Å². The van der Waals surface area contributed by atoms with Crippen LogP contribution in [0.25, 0.3) is 22.0 Å². The molecule has 0 aliphatic rings. The summed E-state index contributed by atoms with van der Waals surface area (Å²) < 4.78 is 17.8. The molecule has 104 valence electrons. The van der Waals surface area contributed by atoms with Crippen molar-refractivity contribution in [1.82, 2.24) is 15.2 Å². The maximum atomic E-state index is 12.4. The van der Waals surface area contributed by atoms with E-state index in [1.807, 2.05) is 0 Å². The summed E-state index contributed by atoms with van der Waals surface area (Å²) in [5.41, 5.74) is 2.39. The predicted octanol–water partition coefficient (Wildman–Crippen LogP) is 4.21. The number of nitrogens with zero attached hydrogens (tertiary/aromatic N) is 1. The Labute approximate surface area is 123 Å². The minimum absolute atomic E-state index is 0.0386. The number of fused-ring (bicyclic) bond motifs is 1. The first-order valence-electron chi connectivity index (χ1n) is 5.89. The second-order valence-corrected chi connectivity index (χ2v) is 4.93. The molecular weight excluding hydrogens is 304 g/mol. The predicted molar refractivity (Wildman–Crippen MR) is 77.4 cm³/mol. The minimum Gasteiger partial charge on any atom is -0.490 e. The molecule has 0 spiro atoms. The molecule has 0 bridgehead atoms. The third-order valence-corrected chi connectivity index (χ3v) is 3.74. The van der Waals surface area contributed by atoms with Crippen LogP contribution < -0.4 is 4.74 Å². The second kappa shape index (κ2) is 5.34. The van der Waals surface area contributed by atoms with Crippen LogP contribution in [-0.4, -0.2) is 28.5 Å². The number of ether oxygens (including phenoxy) is 1. The molecule has 0 aliphatic carbocycles. The highest BCUT2D eigenvalue weighted by Gasteiger charge is 2.17. The number of halogens is 3. The second-order valence-electron chi connectivity index (χ2n) is 4.15. The Morgan fingerprint density at radius 1 is 1.30 bits per heavy atom. The Kier molecular flexibility index (Phi) is 3.54. The summed E-state index contributed by atoms with van der Waals surface area (Å²) in [5, 5.41) is 8.19. The van der Waals surface area contributed by atoms with Gasteiger partial charge in [0, 0.05) is 29.6 Å². The van der Waals surface area contributed by atoms with Crippen LogP contribution >= 0.6 is 23.2 Å². The molecule has 7 heteroatoms. The van der Waals surface area contributed by atoms with Gasteiger partial charge in [0.2, 0.25) is 0 Å². The molecule has 4 nitrogen and oxygen atoms in total. The molecule has 2 N–H and O–H groups in total. The van der Waals surface area contributed by atoms with E-state index < -0.39 is 6.67 Å². The van der Waals surface area contributed by atoms with Crippen LogP contribution in [0.5, 0.6) is 5.75 Å². The van der Waals surface area contributed by atoms with E-state index >= 15 is 0 Å².